The van der Waals surface area contributed by atoms with E-state index in [2.05, 4.69) is 58.0 Å². The molecule has 0 aliphatic rings. The molecule has 0 aliphatic heterocycles. The van der Waals surface area contributed by atoms with E-state index in [1.54, 1.807) is 6.20 Å². The Morgan fingerprint density at radius 3 is 2.60 bits per heavy atom. The lowest BCUT2D eigenvalue weighted by Crippen LogP contribution is -1.89. The molecule has 56 valence electrons. The third kappa shape index (κ3) is 3.41. The minimum absolute atomic E-state index is 0.292. The minimum atomic E-state index is -0.292. The van der Waals surface area contributed by atoms with Crippen LogP contribution < -0.4 is 0 Å². The molecule has 0 aliphatic carbocycles. The van der Waals surface area contributed by atoms with Gasteiger partial charge in [-0.15, -0.1) is 0 Å². The zero-order valence-corrected chi connectivity index (χ0v) is 10.2. The summed E-state index contributed by atoms with van der Waals surface area (Å²) in [6.45, 7) is 0. The van der Waals surface area contributed by atoms with Crippen LogP contribution in [0, 0.1) is 0 Å². The van der Waals surface area contributed by atoms with Crippen molar-refractivity contribution in [2.45, 2.75) is 6.50 Å². The van der Waals surface area contributed by atoms with E-state index in [0.29, 0.717) is 0 Å². The zero-order chi connectivity index (χ0) is 7.61. The van der Waals surface area contributed by atoms with E-state index in [0.717, 1.165) is 5.03 Å². The van der Waals surface area contributed by atoms with E-state index < -0.39 is 0 Å². The zero-order valence-electron chi connectivity index (χ0n) is 4.64. The Morgan fingerprint density at radius 2 is 2.20 bits per heavy atom. The van der Waals surface area contributed by atoms with E-state index in [9.17, 15) is 0 Å². The maximum atomic E-state index is 3.80. The van der Waals surface area contributed by atoms with Crippen molar-refractivity contribution < 1.29 is 0 Å². The van der Waals surface area contributed by atoms with Crippen LogP contribution in [0.25, 0.3) is 0 Å². The first-order valence-corrected chi connectivity index (χ1v) is 5.52. The van der Waals surface area contributed by atoms with Crippen molar-refractivity contribution in [3.05, 3.63) is 12.3 Å². The van der Waals surface area contributed by atoms with Gasteiger partial charge in [-0.25, -0.2) is 0 Å². The summed E-state index contributed by atoms with van der Waals surface area (Å²) in [5, 5.41) is 7.61. The highest BCUT2D eigenvalue weighted by Crippen LogP contribution is 2.47. The predicted molar refractivity (Wildman–Crippen MR) is 54.0 cm³/mol. The van der Waals surface area contributed by atoms with Crippen molar-refractivity contribution in [2.75, 3.05) is 0 Å². The number of alkyl halides is 3. The monoisotopic (exact) mass is 348 g/mol. The average molecular weight is 351 g/mol. The molecular formula is C4H3Br3N2S. The van der Waals surface area contributed by atoms with Gasteiger partial charge in [-0.3, -0.25) is 5.10 Å². The second kappa shape index (κ2) is 3.60. The van der Waals surface area contributed by atoms with Crippen LogP contribution in [-0.4, -0.2) is 11.7 Å². The number of halogens is 3. The summed E-state index contributed by atoms with van der Waals surface area (Å²) >= 11 is 11.6. The number of rotatable bonds is 1. The van der Waals surface area contributed by atoms with Crippen LogP contribution in [-0.2, 0) is 0 Å². The molecular weight excluding hydrogens is 348 g/mol. The van der Waals surface area contributed by atoms with Crippen molar-refractivity contribution in [1.82, 2.24) is 10.2 Å². The molecule has 6 heteroatoms. The van der Waals surface area contributed by atoms with Gasteiger partial charge in [0.2, 0.25) is 0 Å². The fraction of sp³-hybridized carbons (Fsp3) is 0.250. The third-order valence-corrected chi connectivity index (χ3v) is 2.84. The summed E-state index contributed by atoms with van der Waals surface area (Å²) in [4.78, 5) is 0. The van der Waals surface area contributed by atoms with Gasteiger partial charge in [0.25, 0.3) is 0 Å². The standard InChI is InChI=1S/C4H3Br3N2S/c5-4(6,7)10-3-1-2-8-9-3/h1-2H,(H,8,9). The quantitative estimate of drug-likeness (QED) is 0.622. The van der Waals surface area contributed by atoms with Crippen molar-refractivity contribution in [2.24, 2.45) is 0 Å². The first-order chi connectivity index (χ1) is 4.58. The van der Waals surface area contributed by atoms with Crippen molar-refractivity contribution >= 4 is 59.6 Å². The lowest BCUT2D eigenvalue weighted by Gasteiger charge is -2.07. The Labute approximate surface area is 87.9 Å². The van der Waals surface area contributed by atoms with Crippen LogP contribution in [0.15, 0.2) is 17.3 Å². The third-order valence-electron chi connectivity index (χ3n) is 0.701. The molecule has 0 fully saturated rings. The largest absolute Gasteiger partial charge is 0.272 e. The molecule has 0 aromatic carbocycles. The van der Waals surface area contributed by atoms with Crippen LogP contribution in [0.1, 0.15) is 0 Å². The molecule has 1 aromatic rings. The first-order valence-electron chi connectivity index (χ1n) is 2.33. The van der Waals surface area contributed by atoms with E-state index in [1.165, 1.54) is 11.8 Å². The van der Waals surface area contributed by atoms with Gasteiger partial charge in [-0.2, -0.15) is 5.10 Å². The topological polar surface area (TPSA) is 28.7 Å². The molecule has 0 bridgehead atoms. The molecule has 0 amide bonds. The van der Waals surface area contributed by atoms with Crippen LogP contribution in [0.3, 0.4) is 0 Å². The first kappa shape index (κ1) is 9.09. The maximum Gasteiger partial charge on any atom is 0.186 e. The lowest BCUT2D eigenvalue weighted by atomic mass is 10.8. The highest BCUT2D eigenvalue weighted by Gasteiger charge is 2.19. The van der Waals surface area contributed by atoms with Gasteiger partial charge in [0, 0.05) is 6.20 Å². The molecule has 10 heavy (non-hydrogen) atoms. The van der Waals surface area contributed by atoms with Crippen molar-refractivity contribution in [1.29, 1.82) is 0 Å². The molecule has 2 nitrogen and oxygen atoms in total. The van der Waals surface area contributed by atoms with Gasteiger partial charge >= 0.3 is 0 Å². The maximum absolute atomic E-state index is 3.80. The van der Waals surface area contributed by atoms with E-state index in [1.807, 2.05) is 6.07 Å². The Kier molecular flexibility index (Phi) is 3.27. The molecule has 1 rings (SSSR count). The Bertz CT molecular complexity index is 193. The van der Waals surface area contributed by atoms with Gasteiger partial charge in [0.05, 0.1) is 5.03 Å². The number of nitrogens with one attached hydrogen (secondary N) is 1. The molecule has 0 saturated carbocycles. The van der Waals surface area contributed by atoms with Gasteiger partial charge in [-0.1, -0.05) is 11.8 Å². The van der Waals surface area contributed by atoms with Crippen LogP contribution >= 0.6 is 59.6 Å². The Morgan fingerprint density at radius 1 is 1.50 bits per heavy atom. The second-order valence-electron chi connectivity index (χ2n) is 1.47. The summed E-state index contributed by atoms with van der Waals surface area (Å²) in [6.07, 6.45) is 1.71. The normalized spacial score (nSPS) is 11.9. The predicted octanol–water partition coefficient (Wildman–Crippen LogP) is 3.30. The molecule has 1 aromatic heterocycles. The van der Waals surface area contributed by atoms with E-state index in [-0.39, 0.29) is 1.47 Å². The summed E-state index contributed by atoms with van der Waals surface area (Å²) in [6, 6.07) is 1.89. The van der Waals surface area contributed by atoms with Gasteiger partial charge in [0.1, 0.15) is 0 Å². The number of thioether (sulfide) groups is 1. The van der Waals surface area contributed by atoms with Crippen molar-refractivity contribution in [3.63, 3.8) is 0 Å². The van der Waals surface area contributed by atoms with E-state index in [4.69, 9.17) is 0 Å². The van der Waals surface area contributed by atoms with Crippen LogP contribution in [0.4, 0.5) is 0 Å². The highest BCUT2D eigenvalue weighted by molar-refractivity contribution is 9.42. The van der Waals surface area contributed by atoms with Crippen molar-refractivity contribution in [3.8, 4) is 0 Å². The fourth-order valence-electron chi connectivity index (χ4n) is 0.425. The average Bonchev–Trinajstić information content (AvgIpc) is 2.12. The molecule has 0 radical (unpaired) electrons. The Hall–Kier alpha value is 1.00. The smallest absolute Gasteiger partial charge is 0.186 e. The number of hydrogen-bond acceptors (Lipinski definition) is 2. The number of hydrogen-bond donors (Lipinski definition) is 1. The van der Waals surface area contributed by atoms with Crippen LogP contribution in [0.2, 0.25) is 0 Å². The number of aromatic amines is 1. The van der Waals surface area contributed by atoms with Gasteiger partial charge < -0.3 is 0 Å². The van der Waals surface area contributed by atoms with Gasteiger partial charge in [-0.05, 0) is 53.9 Å². The minimum Gasteiger partial charge on any atom is -0.272 e. The van der Waals surface area contributed by atoms with Gasteiger partial charge in [0.15, 0.2) is 1.47 Å². The molecule has 0 atom stereocenters. The summed E-state index contributed by atoms with van der Waals surface area (Å²) in [5.41, 5.74) is 0. The molecule has 1 N–H and O–H groups in total. The Balaban J connectivity index is 2.57. The van der Waals surface area contributed by atoms with Crippen LogP contribution in [0.5, 0.6) is 0 Å². The summed E-state index contributed by atoms with van der Waals surface area (Å²) in [5.74, 6) is 0. The summed E-state index contributed by atoms with van der Waals surface area (Å²) in [7, 11) is 0. The second-order valence-corrected chi connectivity index (χ2v) is 11.1. The lowest BCUT2D eigenvalue weighted by molar-refractivity contribution is 1.00. The number of aromatic nitrogens is 2. The molecule has 1 heterocycles. The highest BCUT2D eigenvalue weighted by atomic mass is 80.0. The molecule has 0 saturated heterocycles. The fourth-order valence-corrected chi connectivity index (χ4v) is 2.47. The SMILES string of the molecule is BrC(Br)(Br)Sc1ccn[nH]1. The van der Waals surface area contributed by atoms with E-state index >= 15 is 0 Å². The molecule has 0 unspecified atom stereocenters. The summed E-state index contributed by atoms with van der Waals surface area (Å²) < 4.78 is -0.292. The number of nitrogens with zero attached hydrogens (tertiary/aromatic N) is 1. The molecule has 0 spiro atoms. The number of H-pyrrole nitrogens is 1.